The summed E-state index contributed by atoms with van der Waals surface area (Å²) in [5, 5.41) is 2.89. The molecule has 134 valence electrons. The van der Waals surface area contributed by atoms with Gasteiger partial charge in [-0.3, -0.25) is 19.3 Å². The van der Waals surface area contributed by atoms with Gasteiger partial charge in [-0.15, -0.1) is 0 Å². The molecule has 0 bridgehead atoms. The van der Waals surface area contributed by atoms with Crippen molar-refractivity contribution in [3.63, 3.8) is 0 Å². The van der Waals surface area contributed by atoms with Crippen LogP contribution in [-0.4, -0.2) is 28.7 Å². The third kappa shape index (κ3) is 3.01. The van der Waals surface area contributed by atoms with Crippen molar-refractivity contribution in [2.75, 3.05) is 5.32 Å². The second-order valence-electron chi connectivity index (χ2n) is 6.59. The van der Waals surface area contributed by atoms with E-state index in [4.69, 9.17) is 0 Å². The molecule has 26 heavy (non-hydrogen) atoms. The second kappa shape index (κ2) is 7.12. The summed E-state index contributed by atoms with van der Waals surface area (Å²) < 4.78 is 0. The summed E-state index contributed by atoms with van der Waals surface area (Å²) in [5.41, 5.74) is 2.45. The summed E-state index contributed by atoms with van der Waals surface area (Å²) in [6, 6.07) is 13.4. The fourth-order valence-electron chi connectivity index (χ4n) is 3.17. The zero-order valence-electron chi connectivity index (χ0n) is 15.2. The van der Waals surface area contributed by atoms with Crippen LogP contribution < -0.4 is 5.32 Å². The summed E-state index contributed by atoms with van der Waals surface area (Å²) in [6.45, 7) is 5.76. The summed E-state index contributed by atoms with van der Waals surface area (Å²) >= 11 is 0. The number of carbonyl (C=O) groups is 3. The van der Waals surface area contributed by atoms with Crippen molar-refractivity contribution < 1.29 is 14.4 Å². The van der Waals surface area contributed by atoms with Crippen LogP contribution in [-0.2, 0) is 4.79 Å². The van der Waals surface area contributed by atoms with Crippen molar-refractivity contribution in [3.8, 4) is 0 Å². The van der Waals surface area contributed by atoms with Crippen LogP contribution in [0.25, 0.3) is 0 Å². The van der Waals surface area contributed by atoms with E-state index in [0.29, 0.717) is 17.0 Å². The molecule has 2 aromatic rings. The van der Waals surface area contributed by atoms with E-state index in [-0.39, 0.29) is 5.91 Å². The van der Waals surface area contributed by atoms with Gasteiger partial charge in [0.15, 0.2) is 0 Å². The van der Waals surface area contributed by atoms with E-state index in [1.165, 1.54) is 0 Å². The number of hydrogen-bond donors (Lipinski definition) is 1. The van der Waals surface area contributed by atoms with Crippen LogP contribution in [0, 0.1) is 0 Å². The van der Waals surface area contributed by atoms with E-state index >= 15 is 0 Å². The van der Waals surface area contributed by atoms with Crippen LogP contribution in [0.3, 0.4) is 0 Å². The topological polar surface area (TPSA) is 66.5 Å². The average Bonchev–Trinajstić information content (AvgIpc) is 2.92. The van der Waals surface area contributed by atoms with Gasteiger partial charge in [-0.05, 0) is 43.0 Å². The number of imide groups is 1. The summed E-state index contributed by atoms with van der Waals surface area (Å²) in [4.78, 5) is 38.9. The number of anilines is 1. The molecule has 0 saturated carbocycles. The van der Waals surface area contributed by atoms with E-state index in [0.717, 1.165) is 22.6 Å². The first kappa shape index (κ1) is 17.9. The first-order valence-corrected chi connectivity index (χ1v) is 8.82. The first-order valence-electron chi connectivity index (χ1n) is 8.82. The Morgan fingerprint density at radius 3 is 2.08 bits per heavy atom. The number of para-hydroxylation sites is 1. The first-order chi connectivity index (χ1) is 12.5. The zero-order valence-corrected chi connectivity index (χ0v) is 15.2. The predicted octanol–water partition coefficient (Wildman–Crippen LogP) is 3.82. The third-order valence-corrected chi connectivity index (χ3v) is 4.95. The molecular formula is C21H22N2O3. The van der Waals surface area contributed by atoms with Crippen LogP contribution >= 0.6 is 0 Å². The Kier molecular flexibility index (Phi) is 4.89. The van der Waals surface area contributed by atoms with Gasteiger partial charge < -0.3 is 5.32 Å². The number of amides is 3. The lowest BCUT2D eigenvalue weighted by molar-refractivity contribution is -0.119. The van der Waals surface area contributed by atoms with E-state index in [2.05, 4.69) is 19.2 Å². The maximum Gasteiger partial charge on any atom is 0.262 e. The smallest absolute Gasteiger partial charge is 0.262 e. The van der Waals surface area contributed by atoms with Gasteiger partial charge in [0.2, 0.25) is 5.91 Å². The molecule has 0 spiro atoms. The van der Waals surface area contributed by atoms with Crippen molar-refractivity contribution in [2.45, 2.75) is 39.2 Å². The van der Waals surface area contributed by atoms with Gasteiger partial charge >= 0.3 is 0 Å². The Balaban J connectivity index is 1.82. The van der Waals surface area contributed by atoms with E-state index in [1.54, 1.807) is 31.2 Å². The highest BCUT2D eigenvalue weighted by Crippen LogP contribution is 2.28. The molecule has 1 aliphatic heterocycles. The van der Waals surface area contributed by atoms with Crippen LogP contribution in [0.1, 0.15) is 59.4 Å². The van der Waals surface area contributed by atoms with E-state index < -0.39 is 17.9 Å². The van der Waals surface area contributed by atoms with Gasteiger partial charge in [0.05, 0.1) is 11.1 Å². The van der Waals surface area contributed by atoms with Gasteiger partial charge in [0, 0.05) is 5.69 Å². The highest BCUT2D eigenvalue weighted by atomic mass is 16.2. The normalized spacial score (nSPS) is 15.6. The van der Waals surface area contributed by atoms with Gasteiger partial charge in [0.25, 0.3) is 11.8 Å². The largest absolute Gasteiger partial charge is 0.324 e. The van der Waals surface area contributed by atoms with Crippen LogP contribution in [0.15, 0.2) is 48.5 Å². The minimum absolute atomic E-state index is 0.293. The Labute approximate surface area is 153 Å². The summed E-state index contributed by atoms with van der Waals surface area (Å²) in [7, 11) is 0. The van der Waals surface area contributed by atoms with Crippen LogP contribution in [0.5, 0.6) is 0 Å². The molecule has 3 amide bonds. The molecule has 1 heterocycles. The molecule has 2 aromatic carbocycles. The van der Waals surface area contributed by atoms with Gasteiger partial charge in [-0.25, -0.2) is 0 Å². The molecule has 0 aliphatic carbocycles. The lowest BCUT2D eigenvalue weighted by Crippen LogP contribution is -2.45. The second-order valence-corrected chi connectivity index (χ2v) is 6.59. The monoisotopic (exact) mass is 350 g/mol. The number of nitrogens with zero attached hydrogens (tertiary/aromatic N) is 1. The highest BCUT2D eigenvalue weighted by Gasteiger charge is 2.40. The molecule has 0 fully saturated rings. The Hall–Kier alpha value is -2.95. The molecular weight excluding hydrogens is 328 g/mol. The fraction of sp³-hybridized carbons (Fsp3) is 0.286. The van der Waals surface area contributed by atoms with Crippen LogP contribution in [0.2, 0.25) is 0 Å². The maximum atomic E-state index is 12.7. The number of hydrogen-bond acceptors (Lipinski definition) is 3. The SMILES string of the molecule is CC[C@H](C)c1ccccc1NC(=O)[C@H](C)N1C(=O)c2ccccc2C1=O. The van der Waals surface area contributed by atoms with Crippen molar-refractivity contribution in [1.82, 2.24) is 4.90 Å². The molecule has 0 saturated heterocycles. The number of fused-ring (bicyclic) bond motifs is 1. The van der Waals surface area contributed by atoms with E-state index in [9.17, 15) is 14.4 Å². The highest BCUT2D eigenvalue weighted by molar-refractivity contribution is 6.23. The molecule has 0 aromatic heterocycles. The minimum Gasteiger partial charge on any atom is -0.324 e. The van der Waals surface area contributed by atoms with Gasteiger partial charge in [0.1, 0.15) is 6.04 Å². The van der Waals surface area contributed by atoms with Gasteiger partial charge in [-0.2, -0.15) is 0 Å². The van der Waals surface area contributed by atoms with Crippen molar-refractivity contribution in [3.05, 3.63) is 65.2 Å². The Morgan fingerprint density at radius 2 is 1.50 bits per heavy atom. The number of carbonyl (C=O) groups excluding carboxylic acids is 3. The molecule has 0 unspecified atom stereocenters. The summed E-state index contributed by atoms with van der Waals surface area (Å²) in [6.07, 6.45) is 0.945. The predicted molar refractivity (Wildman–Crippen MR) is 100 cm³/mol. The lowest BCUT2D eigenvalue weighted by atomic mass is 9.97. The van der Waals surface area contributed by atoms with Crippen molar-refractivity contribution in [1.29, 1.82) is 0 Å². The molecule has 5 heteroatoms. The molecule has 1 N–H and O–H groups in total. The molecule has 3 rings (SSSR count). The summed E-state index contributed by atoms with van der Waals surface area (Å²) in [5.74, 6) is -0.941. The maximum absolute atomic E-state index is 12.7. The Morgan fingerprint density at radius 1 is 0.962 bits per heavy atom. The average molecular weight is 350 g/mol. The standard InChI is InChI=1S/C21H22N2O3/c1-4-13(2)15-9-7-8-12-18(15)22-19(24)14(3)23-20(25)16-10-5-6-11-17(16)21(23)26/h5-14H,4H2,1-3H3,(H,22,24)/t13-,14-/m0/s1. The third-order valence-electron chi connectivity index (χ3n) is 4.95. The number of rotatable bonds is 5. The zero-order chi connectivity index (χ0) is 18.8. The van der Waals surface area contributed by atoms with Crippen molar-refractivity contribution in [2.24, 2.45) is 0 Å². The molecule has 0 radical (unpaired) electrons. The molecule has 5 nitrogen and oxygen atoms in total. The number of benzene rings is 2. The quantitative estimate of drug-likeness (QED) is 0.834. The van der Waals surface area contributed by atoms with Gasteiger partial charge in [-0.1, -0.05) is 44.2 Å². The van der Waals surface area contributed by atoms with Crippen molar-refractivity contribution >= 4 is 23.4 Å². The van der Waals surface area contributed by atoms with E-state index in [1.807, 2.05) is 24.3 Å². The van der Waals surface area contributed by atoms with Crippen LogP contribution in [0.4, 0.5) is 5.69 Å². The molecule has 2 atom stereocenters. The molecule has 1 aliphatic rings. The Bertz CT molecular complexity index is 840. The fourth-order valence-corrected chi connectivity index (χ4v) is 3.17. The number of nitrogens with one attached hydrogen (secondary N) is 1. The lowest BCUT2D eigenvalue weighted by Gasteiger charge is -2.23. The minimum atomic E-state index is -0.896.